The molecule has 0 unspecified atom stereocenters. The van der Waals surface area contributed by atoms with Gasteiger partial charge in [-0.05, 0) is 29.7 Å². The molecule has 0 radical (unpaired) electrons. The highest BCUT2D eigenvalue weighted by Crippen LogP contribution is 2.18. The summed E-state index contributed by atoms with van der Waals surface area (Å²) in [6.07, 6.45) is 5.29. The second kappa shape index (κ2) is 5.04. The summed E-state index contributed by atoms with van der Waals surface area (Å²) in [5.74, 6) is 0.300. The van der Waals surface area contributed by atoms with Crippen LogP contribution in [0.5, 0.6) is 0 Å². The maximum absolute atomic E-state index is 12.1. The molecular weight excluding hydrogens is 226 g/mol. The van der Waals surface area contributed by atoms with E-state index >= 15 is 0 Å². The largest absolute Gasteiger partial charge is 0.346 e. The maximum Gasteiger partial charge on any atom is 0.272 e. The smallest absolute Gasteiger partial charge is 0.272 e. The fraction of sp³-hybridized carbons (Fsp3) is 0.286. The molecule has 0 aromatic carbocycles. The van der Waals surface area contributed by atoms with Crippen molar-refractivity contribution in [3.63, 3.8) is 0 Å². The monoisotopic (exact) mass is 243 g/mol. The molecule has 2 rings (SSSR count). The van der Waals surface area contributed by atoms with Crippen LogP contribution >= 0.6 is 0 Å². The number of amides is 1. The lowest BCUT2D eigenvalue weighted by Crippen LogP contribution is -2.15. The summed E-state index contributed by atoms with van der Waals surface area (Å²) in [7, 11) is 1.88. The highest BCUT2D eigenvalue weighted by molar-refractivity contribution is 6.03. The Bertz CT molecular complexity index is 543. The van der Waals surface area contributed by atoms with Gasteiger partial charge in [-0.15, -0.1) is 0 Å². The number of aromatic nitrogens is 2. The molecule has 0 spiro atoms. The summed E-state index contributed by atoms with van der Waals surface area (Å²) >= 11 is 0. The molecule has 0 bridgehead atoms. The first-order valence-corrected chi connectivity index (χ1v) is 5.95. The van der Waals surface area contributed by atoms with Gasteiger partial charge < -0.3 is 9.88 Å². The first-order chi connectivity index (χ1) is 8.58. The molecule has 4 nitrogen and oxygen atoms in total. The number of anilines is 1. The molecule has 0 saturated carbocycles. The molecule has 0 aliphatic rings. The van der Waals surface area contributed by atoms with Gasteiger partial charge >= 0.3 is 0 Å². The number of nitrogens with zero attached hydrogens (tertiary/aromatic N) is 2. The van der Waals surface area contributed by atoms with Crippen molar-refractivity contribution >= 4 is 11.6 Å². The summed E-state index contributed by atoms with van der Waals surface area (Å²) in [4.78, 5) is 16.1. The lowest BCUT2D eigenvalue weighted by atomic mass is 10.1. The van der Waals surface area contributed by atoms with Crippen molar-refractivity contribution < 1.29 is 4.79 Å². The zero-order valence-corrected chi connectivity index (χ0v) is 10.8. The predicted molar refractivity (Wildman–Crippen MR) is 71.7 cm³/mol. The number of aryl methyl sites for hydroxylation is 1. The van der Waals surface area contributed by atoms with Crippen LogP contribution in [0, 0.1) is 0 Å². The topological polar surface area (TPSA) is 46.9 Å². The van der Waals surface area contributed by atoms with E-state index in [4.69, 9.17) is 0 Å². The SMILES string of the molecule is CC(C)c1cc(C(=O)Nc2cccnc2)n(C)c1. The van der Waals surface area contributed by atoms with Crippen molar-refractivity contribution in [1.82, 2.24) is 9.55 Å². The van der Waals surface area contributed by atoms with Crippen LogP contribution in [-0.4, -0.2) is 15.5 Å². The van der Waals surface area contributed by atoms with Crippen LogP contribution in [-0.2, 0) is 7.05 Å². The van der Waals surface area contributed by atoms with Crippen molar-refractivity contribution in [2.24, 2.45) is 7.05 Å². The molecule has 0 aliphatic carbocycles. The number of nitrogens with one attached hydrogen (secondary N) is 1. The third kappa shape index (κ3) is 2.59. The average molecular weight is 243 g/mol. The van der Waals surface area contributed by atoms with E-state index in [1.54, 1.807) is 18.5 Å². The minimum Gasteiger partial charge on any atom is -0.346 e. The molecule has 1 amide bonds. The van der Waals surface area contributed by atoms with Crippen molar-refractivity contribution in [3.05, 3.63) is 48.0 Å². The number of carbonyl (C=O) groups is 1. The molecule has 2 heterocycles. The predicted octanol–water partition coefficient (Wildman–Crippen LogP) is 2.80. The van der Waals surface area contributed by atoms with E-state index in [-0.39, 0.29) is 5.91 Å². The minimum atomic E-state index is -0.114. The van der Waals surface area contributed by atoms with E-state index < -0.39 is 0 Å². The fourth-order valence-corrected chi connectivity index (χ4v) is 1.76. The van der Waals surface area contributed by atoms with Gasteiger partial charge in [0.05, 0.1) is 11.9 Å². The Morgan fingerprint density at radius 1 is 1.44 bits per heavy atom. The Labute approximate surface area is 107 Å². The van der Waals surface area contributed by atoms with Gasteiger partial charge in [0.25, 0.3) is 5.91 Å². The average Bonchev–Trinajstić information content (AvgIpc) is 2.73. The zero-order chi connectivity index (χ0) is 13.1. The Balaban J connectivity index is 2.19. The normalized spacial score (nSPS) is 10.7. The number of hydrogen-bond donors (Lipinski definition) is 1. The van der Waals surface area contributed by atoms with E-state index in [9.17, 15) is 4.79 Å². The minimum absolute atomic E-state index is 0.114. The van der Waals surface area contributed by atoms with Crippen LogP contribution in [0.15, 0.2) is 36.8 Å². The van der Waals surface area contributed by atoms with Gasteiger partial charge in [0.2, 0.25) is 0 Å². The molecule has 18 heavy (non-hydrogen) atoms. The third-order valence-corrected chi connectivity index (χ3v) is 2.84. The zero-order valence-electron chi connectivity index (χ0n) is 10.8. The molecule has 0 atom stereocenters. The summed E-state index contributed by atoms with van der Waals surface area (Å²) in [6, 6.07) is 5.54. The Kier molecular flexibility index (Phi) is 3.46. The first kappa shape index (κ1) is 12.4. The highest BCUT2D eigenvalue weighted by Gasteiger charge is 2.13. The Morgan fingerprint density at radius 2 is 2.22 bits per heavy atom. The Morgan fingerprint density at radius 3 is 2.78 bits per heavy atom. The van der Waals surface area contributed by atoms with E-state index in [1.807, 2.05) is 29.9 Å². The second-order valence-corrected chi connectivity index (χ2v) is 4.62. The molecule has 2 aromatic heterocycles. The van der Waals surface area contributed by atoms with Crippen molar-refractivity contribution in [1.29, 1.82) is 0 Å². The lowest BCUT2D eigenvalue weighted by Gasteiger charge is -2.04. The van der Waals surface area contributed by atoms with Crippen LogP contribution in [0.25, 0.3) is 0 Å². The molecule has 4 heteroatoms. The fourth-order valence-electron chi connectivity index (χ4n) is 1.76. The number of carbonyl (C=O) groups excluding carboxylic acids is 1. The van der Waals surface area contributed by atoms with Gasteiger partial charge in [0, 0.05) is 19.4 Å². The first-order valence-electron chi connectivity index (χ1n) is 5.95. The number of hydrogen-bond acceptors (Lipinski definition) is 2. The molecule has 94 valence electrons. The van der Waals surface area contributed by atoms with Crippen LogP contribution in [0.1, 0.15) is 35.8 Å². The van der Waals surface area contributed by atoms with Crippen molar-refractivity contribution in [2.75, 3.05) is 5.32 Å². The third-order valence-electron chi connectivity index (χ3n) is 2.84. The van der Waals surface area contributed by atoms with Crippen LogP contribution < -0.4 is 5.32 Å². The van der Waals surface area contributed by atoms with E-state index in [1.165, 1.54) is 0 Å². The second-order valence-electron chi connectivity index (χ2n) is 4.62. The van der Waals surface area contributed by atoms with E-state index in [2.05, 4.69) is 24.1 Å². The van der Waals surface area contributed by atoms with E-state index in [0.29, 0.717) is 17.3 Å². The lowest BCUT2D eigenvalue weighted by molar-refractivity contribution is 0.101. The van der Waals surface area contributed by atoms with Crippen LogP contribution in [0.2, 0.25) is 0 Å². The molecule has 2 aromatic rings. The number of pyridine rings is 1. The van der Waals surface area contributed by atoms with Crippen molar-refractivity contribution in [2.45, 2.75) is 19.8 Å². The highest BCUT2D eigenvalue weighted by atomic mass is 16.1. The van der Waals surface area contributed by atoms with Gasteiger partial charge in [-0.1, -0.05) is 13.8 Å². The van der Waals surface area contributed by atoms with E-state index in [0.717, 1.165) is 5.56 Å². The van der Waals surface area contributed by atoms with Crippen molar-refractivity contribution in [3.8, 4) is 0 Å². The standard InChI is InChI=1S/C14H17N3O/c1-10(2)11-7-13(17(3)9-11)14(18)16-12-5-4-6-15-8-12/h4-10H,1-3H3,(H,16,18). The van der Waals surface area contributed by atoms with Gasteiger partial charge in [0.15, 0.2) is 0 Å². The summed E-state index contributed by atoms with van der Waals surface area (Å²) in [5, 5.41) is 2.83. The molecular formula is C14H17N3O. The van der Waals surface area contributed by atoms with Gasteiger partial charge in [-0.2, -0.15) is 0 Å². The Hall–Kier alpha value is -2.10. The van der Waals surface area contributed by atoms with Gasteiger partial charge in [0.1, 0.15) is 5.69 Å². The summed E-state index contributed by atoms with van der Waals surface area (Å²) in [6.45, 7) is 4.22. The van der Waals surface area contributed by atoms with Crippen LogP contribution in [0.4, 0.5) is 5.69 Å². The maximum atomic E-state index is 12.1. The summed E-state index contributed by atoms with van der Waals surface area (Å²) < 4.78 is 1.85. The molecule has 0 fully saturated rings. The van der Waals surface area contributed by atoms with Gasteiger partial charge in [-0.3, -0.25) is 9.78 Å². The molecule has 0 saturated heterocycles. The molecule has 1 N–H and O–H groups in total. The quantitative estimate of drug-likeness (QED) is 0.901. The summed E-state index contributed by atoms with van der Waals surface area (Å²) in [5.41, 5.74) is 2.52. The van der Waals surface area contributed by atoms with Gasteiger partial charge in [-0.25, -0.2) is 0 Å². The van der Waals surface area contributed by atoms with Crippen LogP contribution in [0.3, 0.4) is 0 Å². The molecule has 0 aliphatic heterocycles. The number of rotatable bonds is 3.